The second-order valence-electron chi connectivity index (χ2n) is 4.48. The maximum atomic E-state index is 13.4. The van der Waals surface area contributed by atoms with E-state index < -0.39 is 30.0 Å². The number of hydrogen-bond acceptors (Lipinski definition) is 2. The largest absolute Gasteiger partial charge is 0.481 e. The first-order chi connectivity index (χ1) is 10.5. The number of hydrogen-bond donors (Lipinski definition) is 0. The summed E-state index contributed by atoms with van der Waals surface area (Å²) in [6, 6.07) is 8.26. The minimum Gasteiger partial charge on any atom is -0.481 e. The summed E-state index contributed by atoms with van der Waals surface area (Å²) < 4.78 is 44.2. The van der Waals surface area contributed by atoms with Crippen molar-refractivity contribution in [1.29, 1.82) is 0 Å². The highest BCUT2D eigenvalue weighted by atomic mass is 19.1. The van der Waals surface area contributed by atoms with E-state index in [0.717, 1.165) is 12.1 Å². The zero-order chi connectivity index (χ0) is 16.1. The van der Waals surface area contributed by atoms with Crippen molar-refractivity contribution < 1.29 is 22.7 Å². The van der Waals surface area contributed by atoms with Gasteiger partial charge in [-0.3, -0.25) is 4.79 Å². The molecule has 116 valence electrons. The standard InChI is InChI=1S/C16H14F3NO2/c1-2-20(13-6-3-11(17)4-7-13)16(21)10-22-15-8-5-12(18)9-14(15)19/h3-9H,2,10H2,1H3. The average Bonchev–Trinajstić information content (AvgIpc) is 2.49. The summed E-state index contributed by atoms with van der Waals surface area (Å²) in [5, 5.41) is 0. The predicted molar refractivity (Wildman–Crippen MR) is 76.3 cm³/mol. The van der Waals surface area contributed by atoms with Crippen LogP contribution in [-0.2, 0) is 4.79 Å². The van der Waals surface area contributed by atoms with Crippen LogP contribution in [0.25, 0.3) is 0 Å². The fourth-order valence-electron chi connectivity index (χ4n) is 1.93. The summed E-state index contributed by atoms with van der Waals surface area (Å²) in [7, 11) is 0. The topological polar surface area (TPSA) is 29.5 Å². The number of anilines is 1. The minimum absolute atomic E-state index is 0.204. The molecule has 0 fully saturated rings. The van der Waals surface area contributed by atoms with Crippen LogP contribution < -0.4 is 9.64 Å². The van der Waals surface area contributed by atoms with Crippen LogP contribution in [0.5, 0.6) is 5.75 Å². The van der Waals surface area contributed by atoms with Crippen LogP contribution >= 0.6 is 0 Å². The molecule has 6 heteroatoms. The fourth-order valence-corrected chi connectivity index (χ4v) is 1.93. The molecule has 0 unspecified atom stereocenters. The molecular weight excluding hydrogens is 295 g/mol. The number of ether oxygens (including phenoxy) is 1. The van der Waals surface area contributed by atoms with Crippen LogP contribution in [-0.4, -0.2) is 19.1 Å². The van der Waals surface area contributed by atoms with Crippen molar-refractivity contribution in [3.63, 3.8) is 0 Å². The lowest BCUT2D eigenvalue weighted by molar-refractivity contribution is -0.120. The van der Waals surface area contributed by atoms with Crippen molar-refractivity contribution in [2.75, 3.05) is 18.1 Å². The van der Waals surface area contributed by atoms with Gasteiger partial charge in [-0.2, -0.15) is 0 Å². The van der Waals surface area contributed by atoms with E-state index in [-0.39, 0.29) is 5.75 Å². The molecule has 22 heavy (non-hydrogen) atoms. The van der Waals surface area contributed by atoms with E-state index >= 15 is 0 Å². The van der Waals surface area contributed by atoms with Gasteiger partial charge < -0.3 is 9.64 Å². The Labute approximate surface area is 125 Å². The summed E-state index contributed by atoms with van der Waals surface area (Å²) in [5.41, 5.74) is 0.511. The van der Waals surface area contributed by atoms with E-state index in [0.29, 0.717) is 18.3 Å². The maximum absolute atomic E-state index is 13.4. The number of nitrogens with zero attached hydrogens (tertiary/aromatic N) is 1. The molecule has 0 bridgehead atoms. The SMILES string of the molecule is CCN(C(=O)COc1ccc(F)cc1F)c1ccc(F)cc1. The van der Waals surface area contributed by atoms with E-state index in [4.69, 9.17) is 4.74 Å². The molecule has 0 aliphatic carbocycles. The predicted octanol–water partition coefficient (Wildman–Crippen LogP) is 3.54. The van der Waals surface area contributed by atoms with Gasteiger partial charge in [0.15, 0.2) is 18.2 Å². The lowest BCUT2D eigenvalue weighted by Gasteiger charge is -2.21. The third kappa shape index (κ3) is 3.78. The molecule has 0 saturated heterocycles. The molecule has 0 radical (unpaired) electrons. The number of carbonyl (C=O) groups excluding carboxylic acids is 1. The molecule has 0 spiro atoms. The van der Waals surface area contributed by atoms with Gasteiger partial charge in [-0.25, -0.2) is 13.2 Å². The number of amides is 1. The molecule has 1 amide bonds. The molecule has 2 rings (SSSR count). The second-order valence-corrected chi connectivity index (χ2v) is 4.48. The first kappa shape index (κ1) is 15.9. The molecule has 0 aliphatic heterocycles. The molecule has 0 saturated carbocycles. The van der Waals surface area contributed by atoms with E-state index in [2.05, 4.69) is 0 Å². The van der Waals surface area contributed by atoms with Gasteiger partial charge in [0.2, 0.25) is 0 Å². The summed E-state index contributed by atoms with van der Waals surface area (Å²) in [6.45, 7) is 1.69. The Hall–Kier alpha value is -2.50. The monoisotopic (exact) mass is 309 g/mol. The molecule has 0 atom stereocenters. The average molecular weight is 309 g/mol. The lowest BCUT2D eigenvalue weighted by atomic mass is 10.2. The molecule has 0 aliphatic rings. The highest BCUT2D eigenvalue weighted by Gasteiger charge is 2.15. The van der Waals surface area contributed by atoms with Gasteiger partial charge in [-0.15, -0.1) is 0 Å². The molecule has 2 aromatic carbocycles. The lowest BCUT2D eigenvalue weighted by Crippen LogP contribution is -2.34. The van der Waals surface area contributed by atoms with Crippen molar-refractivity contribution >= 4 is 11.6 Å². The van der Waals surface area contributed by atoms with E-state index in [9.17, 15) is 18.0 Å². The highest BCUT2D eigenvalue weighted by molar-refractivity contribution is 5.94. The molecule has 2 aromatic rings. The van der Waals surface area contributed by atoms with Crippen LogP contribution in [0.4, 0.5) is 18.9 Å². The third-order valence-electron chi connectivity index (χ3n) is 3.00. The van der Waals surface area contributed by atoms with Crippen LogP contribution in [0.15, 0.2) is 42.5 Å². The number of benzene rings is 2. The Morgan fingerprint density at radius 3 is 2.27 bits per heavy atom. The van der Waals surface area contributed by atoms with Crippen molar-refractivity contribution in [2.45, 2.75) is 6.92 Å². The van der Waals surface area contributed by atoms with E-state index in [1.165, 1.54) is 29.2 Å². The smallest absolute Gasteiger partial charge is 0.264 e. The first-order valence-corrected chi connectivity index (χ1v) is 6.65. The zero-order valence-electron chi connectivity index (χ0n) is 11.9. The fraction of sp³-hybridized carbons (Fsp3) is 0.188. The Bertz CT molecular complexity index is 659. The van der Waals surface area contributed by atoms with Gasteiger partial charge in [0.05, 0.1) is 0 Å². The quantitative estimate of drug-likeness (QED) is 0.845. The Balaban J connectivity index is 2.05. The zero-order valence-corrected chi connectivity index (χ0v) is 11.9. The third-order valence-corrected chi connectivity index (χ3v) is 3.00. The van der Waals surface area contributed by atoms with Crippen molar-refractivity contribution in [3.8, 4) is 5.75 Å². The normalized spacial score (nSPS) is 10.4. The Kier molecular flexibility index (Phi) is 5.04. The number of carbonyl (C=O) groups is 1. The van der Waals surface area contributed by atoms with Gasteiger partial charge in [0.1, 0.15) is 11.6 Å². The molecular formula is C16H14F3NO2. The summed E-state index contributed by atoms with van der Waals surface area (Å²) in [5.74, 6) is -2.63. The number of rotatable bonds is 5. The van der Waals surface area contributed by atoms with Crippen LogP contribution in [0, 0.1) is 17.5 Å². The molecule has 0 aromatic heterocycles. The van der Waals surface area contributed by atoms with Crippen molar-refractivity contribution in [1.82, 2.24) is 0 Å². The van der Waals surface area contributed by atoms with Crippen LogP contribution in [0.1, 0.15) is 6.92 Å². The highest BCUT2D eigenvalue weighted by Crippen LogP contribution is 2.19. The Morgan fingerprint density at radius 1 is 1.05 bits per heavy atom. The van der Waals surface area contributed by atoms with Crippen LogP contribution in [0.2, 0.25) is 0 Å². The van der Waals surface area contributed by atoms with Gasteiger partial charge in [0, 0.05) is 18.3 Å². The minimum atomic E-state index is -0.877. The Morgan fingerprint density at radius 2 is 1.68 bits per heavy atom. The second kappa shape index (κ2) is 6.98. The summed E-state index contributed by atoms with van der Waals surface area (Å²) in [4.78, 5) is 13.5. The van der Waals surface area contributed by atoms with Crippen LogP contribution in [0.3, 0.4) is 0 Å². The van der Waals surface area contributed by atoms with Gasteiger partial charge in [-0.05, 0) is 43.3 Å². The number of halogens is 3. The van der Waals surface area contributed by atoms with Gasteiger partial charge >= 0.3 is 0 Å². The maximum Gasteiger partial charge on any atom is 0.264 e. The van der Waals surface area contributed by atoms with Gasteiger partial charge in [0.25, 0.3) is 5.91 Å². The molecule has 0 heterocycles. The molecule has 0 N–H and O–H groups in total. The van der Waals surface area contributed by atoms with Gasteiger partial charge in [-0.1, -0.05) is 0 Å². The number of likely N-dealkylation sites (N-methyl/N-ethyl adjacent to an activating group) is 1. The van der Waals surface area contributed by atoms with E-state index in [1.807, 2.05) is 0 Å². The molecule has 3 nitrogen and oxygen atoms in total. The van der Waals surface area contributed by atoms with E-state index in [1.54, 1.807) is 6.92 Å². The van der Waals surface area contributed by atoms with Crippen molar-refractivity contribution in [3.05, 3.63) is 59.9 Å². The summed E-state index contributed by atoms with van der Waals surface area (Å²) >= 11 is 0. The van der Waals surface area contributed by atoms with Crippen molar-refractivity contribution in [2.24, 2.45) is 0 Å². The summed E-state index contributed by atoms with van der Waals surface area (Å²) in [6.07, 6.45) is 0. The first-order valence-electron chi connectivity index (χ1n) is 6.65.